The van der Waals surface area contributed by atoms with Gasteiger partial charge in [-0.25, -0.2) is 4.99 Å². The van der Waals surface area contributed by atoms with Crippen LogP contribution in [0, 0.1) is 0 Å². The van der Waals surface area contributed by atoms with Crippen LogP contribution in [0.25, 0.3) is 0 Å². The number of hydrogen-bond donors (Lipinski definition) is 2. The van der Waals surface area contributed by atoms with Crippen LogP contribution in [0.15, 0.2) is 53.5 Å². The topological polar surface area (TPSA) is 68.9 Å². The molecule has 9 heteroatoms. The third-order valence-electron chi connectivity index (χ3n) is 3.32. The predicted octanol–water partition coefficient (Wildman–Crippen LogP) is 4.32. The minimum absolute atomic E-state index is 0. The van der Waals surface area contributed by atoms with Crippen molar-refractivity contribution in [2.24, 2.45) is 10.7 Å². The van der Waals surface area contributed by atoms with E-state index in [0.29, 0.717) is 12.1 Å². The molecule has 2 aromatic rings. The molecule has 0 saturated carbocycles. The second-order valence-electron chi connectivity index (χ2n) is 5.48. The summed E-state index contributed by atoms with van der Waals surface area (Å²) in [4.78, 5) is 4.22. The number of nitrogens with zero attached hydrogens (tertiary/aromatic N) is 1. The number of halogens is 4. The fraction of sp³-hybridized carbons (Fsp3) is 0.278. The smallest absolute Gasteiger partial charge is 0.411 e. The van der Waals surface area contributed by atoms with Crippen LogP contribution >= 0.6 is 24.0 Å². The lowest BCUT2D eigenvalue weighted by Crippen LogP contribution is -2.22. The summed E-state index contributed by atoms with van der Waals surface area (Å²) in [5.41, 5.74) is 8.07. The molecule has 0 atom stereocenters. The molecule has 0 bridgehead atoms. The molecular formula is C18H21F3IN3O2. The number of nitrogens with two attached hydrogens (primary N) is 1. The third-order valence-corrected chi connectivity index (χ3v) is 3.32. The van der Waals surface area contributed by atoms with Crippen molar-refractivity contribution in [3.63, 3.8) is 0 Å². The standard InChI is InChI=1S/C18H20F3N3O2.HI/c1-25-16-7-5-15(6-8-16)24-17(22)23-10-13-3-2-4-14(9-13)11-26-12-18(19,20)21;/h2-9H,10-12H2,1H3,(H3,22,23,24);1H. The van der Waals surface area contributed by atoms with Crippen molar-refractivity contribution >= 4 is 35.6 Å². The van der Waals surface area contributed by atoms with Crippen LogP contribution in [0.1, 0.15) is 11.1 Å². The average molecular weight is 495 g/mol. The molecule has 2 aromatic carbocycles. The van der Waals surface area contributed by atoms with Gasteiger partial charge in [0, 0.05) is 5.69 Å². The van der Waals surface area contributed by atoms with Crippen molar-refractivity contribution in [2.75, 3.05) is 19.0 Å². The van der Waals surface area contributed by atoms with Gasteiger partial charge in [0.15, 0.2) is 5.96 Å². The highest BCUT2D eigenvalue weighted by molar-refractivity contribution is 14.0. The Kier molecular flexibility index (Phi) is 9.36. The Hall–Kier alpha value is -2.01. The number of nitrogens with one attached hydrogen (secondary N) is 1. The Morgan fingerprint density at radius 2 is 1.78 bits per heavy atom. The van der Waals surface area contributed by atoms with Gasteiger partial charge >= 0.3 is 6.18 Å². The molecule has 3 N–H and O–H groups in total. The second kappa shape index (κ2) is 11.0. The number of alkyl halides is 3. The minimum atomic E-state index is -4.33. The van der Waals surface area contributed by atoms with E-state index in [9.17, 15) is 13.2 Å². The number of benzene rings is 2. The summed E-state index contributed by atoms with van der Waals surface area (Å²) in [6.07, 6.45) is -4.33. The molecule has 0 aliphatic carbocycles. The van der Waals surface area contributed by atoms with Gasteiger partial charge in [0.25, 0.3) is 0 Å². The van der Waals surface area contributed by atoms with Crippen molar-refractivity contribution in [2.45, 2.75) is 19.3 Å². The largest absolute Gasteiger partial charge is 0.497 e. The molecule has 0 aliphatic rings. The normalized spacial score (nSPS) is 11.6. The second-order valence-corrected chi connectivity index (χ2v) is 5.48. The lowest BCUT2D eigenvalue weighted by molar-refractivity contribution is -0.176. The highest BCUT2D eigenvalue weighted by atomic mass is 127. The zero-order chi connectivity index (χ0) is 19.0. The highest BCUT2D eigenvalue weighted by Crippen LogP contribution is 2.17. The average Bonchev–Trinajstić information content (AvgIpc) is 2.60. The maximum absolute atomic E-state index is 12.1. The van der Waals surface area contributed by atoms with E-state index < -0.39 is 12.8 Å². The Balaban J connectivity index is 0.00000364. The molecule has 0 saturated heterocycles. The zero-order valence-electron chi connectivity index (χ0n) is 14.6. The van der Waals surface area contributed by atoms with E-state index in [1.54, 1.807) is 49.6 Å². The predicted molar refractivity (Wildman–Crippen MR) is 110 cm³/mol. The van der Waals surface area contributed by atoms with Gasteiger partial charge in [0.2, 0.25) is 0 Å². The first kappa shape index (κ1) is 23.0. The van der Waals surface area contributed by atoms with Crippen molar-refractivity contribution in [3.05, 3.63) is 59.7 Å². The van der Waals surface area contributed by atoms with Gasteiger partial charge < -0.3 is 20.5 Å². The Morgan fingerprint density at radius 3 is 2.41 bits per heavy atom. The van der Waals surface area contributed by atoms with Crippen LogP contribution in [0.2, 0.25) is 0 Å². The van der Waals surface area contributed by atoms with Crippen molar-refractivity contribution in [1.82, 2.24) is 0 Å². The number of hydrogen-bond acceptors (Lipinski definition) is 3. The Labute approximate surface area is 172 Å². The lowest BCUT2D eigenvalue weighted by Gasteiger charge is -2.09. The van der Waals surface area contributed by atoms with Gasteiger partial charge in [-0.2, -0.15) is 13.2 Å². The lowest BCUT2D eigenvalue weighted by atomic mass is 10.1. The number of anilines is 1. The summed E-state index contributed by atoms with van der Waals surface area (Å²) in [5, 5.41) is 2.95. The maximum Gasteiger partial charge on any atom is 0.411 e. The van der Waals surface area contributed by atoms with Crippen LogP contribution in [-0.2, 0) is 17.9 Å². The van der Waals surface area contributed by atoms with E-state index in [1.807, 2.05) is 6.07 Å². The SMILES string of the molecule is COc1ccc(NC(N)=NCc2cccc(COCC(F)(F)F)c2)cc1.I. The summed E-state index contributed by atoms with van der Waals surface area (Å²) in [7, 11) is 1.58. The van der Waals surface area contributed by atoms with E-state index in [4.69, 9.17) is 10.5 Å². The molecule has 0 unspecified atom stereocenters. The maximum atomic E-state index is 12.1. The molecule has 5 nitrogen and oxygen atoms in total. The number of aliphatic imine (C=N–C) groups is 1. The number of ether oxygens (including phenoxy) is 2. The molecular weight excluding hydrogens is 474 g/mol. The summed E-state index contributed by atoms with van der Waals surface area (Å²) < 4.78 is 46.0. The quantitative estimate of drug-likeness (QED) is 0.341. The van der Waals surface area contributed by atoms with Gasteiger partial charge in [-0.1, -0.05) is 24.3 Å². The molecule has 0 aromatic heterocycles. The molecule has 0 radical (unpaired) electrons. The van der Waals surface area contributed by atoms with Crippen LogP contribution in [0.4, 0.5) is 18.9 Å². The third kappa shape index (κ3) is 8.96. The van der Waals surface area contributed by atoms with Gasteiger partial charge in [-0.05, 0) is 35.4 Å². The summed E-state index contributed by atoms with van der Waals surface area (Å²) in [6, 6.07) is 14.2. The minimum Gasteiger partial charge on any atom is -0.497 e. The molecule has 0 aliphatic heterocycles. The zero-order valence-corrected chi connectivity index (χ0v) is 17.0. The fourth-order valence-electron chi connectivity index (χ4n) is 2.14. The van der Waals surface area contributed by atoms with Gasteiger partial charge in [-0.15, -0.1) is 24.0 Å². The Morgan fingerprint density at radius 1 is 1.11 bits per heavy atom. The molecule has 0 heterocycles. The van der Waals surface area contributed by atoms with E-state index in [2.05, 4.69) is 15.0 Å². The van der Waals surface area contributed by atoms with Crippen LogP contribution in [0.5, 0.6) is 5.75 Å². The first-order chi connectivity index (χ1) is 12.4. The molecule has 148 valence electrons. The molecule has 2 rings (SSSR count). The van der Waals surface area contributed by atoms with E-state index in [0.717, 1.165) is 17.0 Å². The molecule has 0 fully saturated rings. The van der Waals surface area contributed by atoms with Crippen molar-refractivity contribution in [1.29, 1.82) is 0 Å². The van der Waals surface area contributed by atoms with Crippen molar-refractivity contribution < 1.29 is 22.6 Å². The van der Waals surface area contributed by atoms with E-state index in [1.165, 1.54) is 0 Å². The fourth-order valence-corrected chi connectivity index (χ4v) is 2.14. The number of methoxy groups -OCH3 is 1. The van der Waals surface area contributed by atoms with E-state index >= 15 is 0 Å². The van der Waals surface area contributed by atoms with Crippen LogP contribution < -0.4 is 15.8 Å². The molecule has 0 spiro atoms. The monoisotopic (exact) mass is 495 g/mol. The van der Waals surface area contributed by atoms with Crippen molar-refractivity contribution in [3.8, 4) is 5.75 Å². The number of rotatable bonds is 7. The van der Waals surface area contributed by atoms with Crippen LogP contribution in [0.3, 0.4) is 0 Å². The summed E-state index contributed by atoms with van der Waals surface area (Å²) >= 11 is 0. The van der Waals surface area contributed by atoms with E-state index in [-0.39, 0.29) is 36.5 Å². The van der Waals surface area contributed by atoms with Gasteiger partial charge in [0.05, 0.1) is 20.3 Å². The first-order valence-corrected chi connectivity index (χ1v) is 7.79. The molecule has 0 amide bonds. The number of guanidine groups is 1. The highest BCUT2D eigenvalue weighted by Gasteiger charge is 2.27. The molecule has 27 heavy (non-hydrogen) atoms. The van der Waals surface area contributed by atoms with Gasteiger partial charge in [0.1, 0.15) is 12.4 Å². The summed E-state index contributed by atoms with van der Waals surface area (Å²) in [5.74, 6) is 0.963. The first-order valence-electron chi connectivity index (χ1n) is 7.79. The summed E-state index contributed by atoms with van der Waals surface area (Å²) in [6.45, 7) is -1.09. The van der Waals surface area contributed by atoms with Crippen LogP contribution in [-0.4, -0.2) is 25.9 Å². The van der Waals surface area contributed by atoms with Gasteiger partial charge in [-0.3, -0.25) is 0 Å². The Bertz CT molecular complexity index is 737.